The van der Waals surface area contributed by atoms with Gasteiger partial charge in [-0.25, -0.2) is 0 Å². The standard InChI is InChI=1S/C16H24N2S/c1-13-11-17-10-6-5-7-14(17)12-18(13)15-8-3-4-9-16(15)19-2/h3-4,8-9,13-14H,5-7,10-12H2,1-2H3. The third-order valence-electron chi connectivity index (χ3n) is 4.58. The minimum absolute atomic E-state index is 0.627. The van der Waals surface area contributed by atoms with E-state index in [2.05, 4.69) is 47.2 Å². The van der Waals surface area contributed by atoms with Crippen molar-refractivity contribution in [3.8, 4) is 0 Å². The van der Waals surface area contributed by atoms with Crippen molar-refractivity contribution in [2.24, 2.45) is 0 Å². The van der Waals surface area contributed by atoms with E-state index in [0.717, 1.165) is 6.04 Å². The molecule has 3 heteroatoms. The lowest BCUT2D eigenvalue weighted by Crippen LogP contribution is -2.59. The second kappa shape index (κ2) is 5.76. The fraction of sp³-hybridized carbons (Fsp3) is 0.625. The lowest BCUT2D eigenvalue weighted by atomic mass is 9.96. The molecule has 1 aromatic rings. The normalized spacial score (nSPS) is 28.2. The van der Waals surface area contributed by atoms with Crippen LogP contribution in [0.1, 0.15) is 26.2 Å². The largest absolute Gasteiger partial charge is 0.365 e. The summed E-state index contributed by atoms with van der Waals surface area (Å²) in [6.07, 6.45) is 6.36. The van der Waals surface area contributed by atoms with E-state index in [1.165, 1.54) is 49.5 Å². The molecule has 0 aromatic heterocycles. The quantitative estimate of drug-likeness (QED) is 0.764. The number of rotatable bonds is 2. The molecule has 2 saturated heterocycles. The third-order valence-corrected chi connectivity index (χ3v) is 5.37. The van der Waals surface area contributed by atoms with E-state index in [1.54, 1.807) is 0 Å². The number of nitrogens with zero attached hydrogens (tertiary/aromatic N) is 2. The molecular weight excluding hydrogens is 252 g/mol. The number of piperazine rings is 1. The van der Waals surface area contributed by atoms with E-state index in [0.29, 0.717) is 6.04 Å². The molecule has 3 rings (SSSR count). The van der Waals surface area contributed by atoms with Gasteiger partial charge < -0.3 is 4.90 Å². The Morgan fingerprint density at radius 3 is 2.84 bits per heavy atom. The van der Waals surface area contributed by atoms with Crippen LogP contribution in [0.4, 0.5) is 5.69 Å². The van der Waals surface area contributed by atoms with Crippen molar-refractivity contribution in [1.29, 1.82) is 0 Å². The molecular formula is C16H24N2S. The molecule has 2 nitrogen and oxygen atoms in total. The summed E-state index contributed by atoms with van der Waals surface area (Å²) in [5.41, 5.74) is 1.44. The molecule has 0 N–H and O–H groups in total. The van der Waals surface area contributed by atoms with E-state index in [4.69, 9.17) is 0 Å². The Labute approximate surface area is 121 Å². The second-order valence-electron chi connectivity index (χ2n) is 5.82. The number of benzene rings is 1. The lowest BCUT2D eigenvalue weighted by Gasteiger charge is -2.48. The first kappa shape index (κ1) is 13.3. The SMILES string of the molecule is CSc1ccccc1N1CC2CCCCN2CC1C. The summed E-state index contributed by atoms with van der Waals surface area (Å²) in [5, 5.41) is 0. The topological polar surface area (TPSA) is 6.48 Å². The van der Waals surface area contributed by atoms with Gasteiger partial charge in [-0.1, -0.05) is 18.6 Å². The summed E-state index contributed by atoms with van der Waals surface area (Å²) >= 11 is 1.87. The molecule has 2 aliphatic heterocycles. The van der Waals surface area contributed by atoms with Crippen molar-refractivity contribution >= 4 is 17.4 Å². The van der Waals surface area contributed by atoms with E-state index in [9.17, 15) is 0 Å². The number of fused-ring (bicyclic) bond motifs is 1. The van der Waals surface area contributed by atoms with Crippen molar-refractivity contribution in [2.75, 3.05) is 30.8 Å². The summed E-state index contributed by atoms with van der Waals surface area (Å²) in [7, 11) is 0. The average molecular weight is 276 g/mol. The highest BCUT2D eigenvalue weighted by Crippen LogP contribution is 2.33. The van der Waals surface area contributed by atoms with Crippen molar-refractivity contribution in [3.05, 3.63) is 24.3 Å². The Bertz CT molecular complexity index is 435. The summed E-state index contributed by atoms with van der Waals surface area (Å²) in [4.78, 5) is 6.77. The van der Waals surface area contributed by atoms with Gasteiger partial charge in [-0.2, -0.15) is 0 Å². The van der Waals surface area contributed by atoms with Gasteiger partial charge in [0, 0.05) is 30.1 Å². The fourth-order valence-electron chi connectivity index (χ4n) is 3.55. The molecule has 0 spiro atoms. The monoisotopic (exact) mass is 276 g/mol. The van der Waals surface area contributed by atoms with Gasteiger partial charge in [0.25, 0.3) is 0 Å². The van der Waals surface area contributed by atoms with E-state index >= 15 is 0 Å². The molecule has 0 saturated carbocycles. The number of thioether (sulfide) groups is 1. The minimum Gasteiger partial charge on any atom is -0.365 e. The average Bonchev–Trinajstić information content (AvgIpc) is 2.46. The van der Waals surface area contributed by atoms with Crippen molar-refractivity contribution in [1.82, 2.24) is 4.90 Å². The zero-order chi connectivity index (χ0) is 13.2. The molecule has 0 radical (unpaired) electrons. The predicted molar refractivity (Wildman–Crippen MR) is 84.2 cm³/mol. The molecule has 1 aromatic carbocycles. The Kier molecular flexibility index (Phi) is 4.04. The first-order valence-electron chi connectivity index (χ1n) is 7.43. The highest BCUT2D eigenvalue weighted by molar-refractivity contribution is 7.98. The molecule has 2 heterocycles. The summed E-state index contributed by atoms with van der Waals surface area (Å²) in [6, 6.07) is 10.3. The van der Waals surface area contributed by atoms with Gasteiger partial charge in [-0.15, -0.1) is 11.8 Å². The zero-order valence-corrected chi connectivity index (χ0v) is 12.8. The van der Waals surface area contributed by atoms with Crippen LogP contribution in [0.15, 0.2) is 29.2 Å². The van der Waals surface area contributed by atoms with Gasteiger partial charge in [-0.3, -0.25) is 4.90 Å². The van der Waals surface area contributed by atoms with Gasteiger partial charge in [0.1, 0.15) is 0 Å². The van der Waals surface area contributed by atoms with Gasteiger partial charge in [0.15, 0.2) is 0 Å². The smallest absolute Gasteiger partial charge is 0.0507 e. The molecule has 0 aliphatic carbocycles. The van der Waals surface area contributed by atoms with Crippen molar-refractivity contribution in [3.63, 3.8) is 0 Å². The van der Waals surface area contributed by atoms with Crippen LogP contribution in [0.2, 0.25) is 0 Å². The Morgan fingerprint density at radius 2 is 2.00 bits per heavy atom. The van der Waals surface area contributed by atoms with Crippen molar-refractivity contribution < 1.29 is 0 Å². The highest BCUT2D eigenvalue weighted by Gasteiger charge is 2.33. The van der Waals surface area contributed by atoms with Crippen LogP contribution >= 0.6 is 11.8 Å². The Morgan fingerprint density at radius 1 is 1.16 bits per heavy atom. The summed E-state index contributed by atoms with van der Waals surface area (Å²) < 4.78 is 0. The van der Waals surface area contributed by atoms with Gasteiger partial charge in [-0.05, 0) is 44.7 Å². The van der Waals surface area contributed by atoms with Gasteiger partial charge >= 0.3 is 0 Å². The molecule has 2 atom stereocenters. The molecule has 0 amide bonds. The number of piperidine rings is 1. The van der Waals surface area contributed by atoms with Crippen LogP contribution in [0.5, 0.6) is 0 Å². The number of anilines is 1. The molecule has 19 heavy (non-hydrogen) atoms. The maximum atomic E-state index is 2.71. The Balaban J connectivity index is 1.83. The minimum atomic E-state index is 0.627. The fourth-order valence-corrected chi connectivity index (χ4v) is 4.16. The maximum Gasteiger partial charge on any atom is 0.0507 e. The van der Waals surface area contributed by atoms with E-state index < -0.39 is 0 Å². The second-order valence-corrected chi connectivity index (χ2v) is 6.67. The first-order chi connectivity index (χ1) is 9.29. The van der Waals surface area contributed by atoms with Crippen LogP contribution in [0, 0.1) is 0 Å². The Hall–Kier alpha value is -0.670. The molecule has 0 bridgehead atoms. The van der Waals surface area contributed by atoms with Gasteiger partial charge in [0.2, 0.25) is 0 Å². The maximum absolute atomic E-state index is 2.71. The summed E-state index contributed by atoms with van der Waals surface area (Å²) in [6.45, 7) is 6.13. The van der Waals surface area contributed by atoms with Crippen LogP contribution < -0.4 is 4.90 Å². The molecule has 2 aliphatic rings. The predicted octanol–water partition coefficient (Wildman–Crippen LogP) is 3.47. The van der Waals surface area contributed by atoms with Crippen LogP contribution in [-0.4, -0.2) is 42.9 Å². The zero-order valence-electron chi connectivity index (χ0n) is 12.0. The van der Waals surface area contributed by atoms with Crippen LogP contribution in [-0.2, 0) is 0 Å². The molecule has 104 valence electrons. The number of hydrogen-bond acceptors (Lipinski definition) is 3. The highest BCUT2D eigenvalue weighted by atomic mass is 32.2. The van der Waals surface area contributed by atoms with Crippen LogP contribution in [0.25, 0.3) is 0 Å². The van der Waals surface area contributed by atoms with E-state index in [1.807, 2.05) is 11.8 Å². The number of hydrogen-bond donors (Lipinski definition) is 0. The molecule has 2 unspecified atom stereocenters. The first-order valence-corrected chi connectivity index (χ1v) is 8.66. The summed E-state index contributed by atoms with van der Waals surface area (Å²) in [5.74, 6) is 0. The van der Waals surface area contributed by atoms with Crippen molar-refractivity contribution in [2.45, 2.75) is 43.2 Å². The number of para-hydroxylation sites is 1. The van der Waals surface area contributed by atoms with Gasteiger partial charge in [0.05, 0.1) is 5.69 Å². The lowest BCUT2D eigenvalue weighted by molar-refractivity contribution is 0.115. The van der Waals surface area contributed by atoms with Crippen LogP contribution in [0.3, 0.4) is 0 Å². The third kappa shape index (κ3) is 2.63. The molecule has 2 fully saturated rings. The van der Waals surface area contributed by atoms with E-state index in [-0.39, 0.29) is 0 Å².